The van der Waals surface area contributed by atoms with Crippen LogP contribution in [0.2, 0.25) is 0 Å². The van der Waals surface area contributed by atoms with Crippen LogP contribution in [0.1, 0.15) is 37.7 Å². The van der Waals surface area contributed by atoms with Gasteiger partial charge in [-0.3, -0.25) is 9.59 Å². The van der Waals surface area contributed by atoms with Crippen molar-refractivity contribution in [1.82, 2.24) is 15.6 Å². The van der Waals surface area contributed by atoms with Gasteiger partial charge in [0.2, 0.25) is 0 Å². The standard InChI is InChI=1S/C23H22FN3O2/c1-16-5-7-18(8-6-16)15-26-23(29)21-4-2-3-20(27-21)22(28)25-14-13-17-9-11-19(24)12-10-17/h2-12H,13-15H2,1H3,(H,25,28)(H,26,29). The van der Waals surface area contributed by atoms with Crippen LogP contribution >= 0.6 is 0 Å². The summed E-state index contributed by atoms with van der Waals surface area (Å²) < 4.78 is 12.9. The number of amides is 2. The number of aromatic nitrogens is 1. The van der Waals surface area contributed by atoms with Crippen molar-refractivity contribution in [2.24, 2.45) is 0 Å². The molecule has 148 valence electrons. The largest absolute Gasteiger partial charge is 0.350 e. The first-order chi connectivity index (χ1) is 14.0. The Bertz CT molecular complexity index is 986. The van der Waals surface area contributed by atoms with Crippen LogP contribution in [0.3, 0.4) is 0 Å². The molecule has 6 heteroatoms. The van der Waals surface area contributed by atoms with Gasteiger partial charge in [-0.15, -0.1) is 0 Å². The summed E-state index contributed by atoms with van der Waals surface area (Å²) in [5, 5.41) is 5.57. The first-order valence-electron chi connectivity index (χ1n) is 9.35. The number of rotatable bonds is 7. The van der Waals surface area contributed by atoms with E-state index in [-0.39, 0.29) is 29.0 Å². The van der Waals surface area contributed by atoms with Crippen LogP contribution in [0.25, 0.3) is 0 Å². The van der Waals surface area contributed by atoms with Gasteiger partial charge in [-0.05, 0) is 48.7 Å². The molecule has 0 fully saturated rings. The summed E-state index contributed by atoms with van der Waals surface area (Å²) in [4.78, 5) is 28.8. The van der Waals surface area contributed by atoms with Crippen molar-refractivity contribution in [2.75, 3.05) is 6.54 Å². The quantitative estimate of drug-likeness (QED) is 0.648. The summed E-state index contributed by atoms with van der Waals surface area (Å²) in [5.41, 5.74) is 3.41. The minimum absolute atomic E-state index is 0.173. The maximum absolute atomic E-state index is 12.9. The van der Waals surface area contributed by atoms with Crippen molar-refractivity contribution in [3.05, 3.63) is 101 Å². The monoisotopic (exact) mass is 391 g/mol. The second-order valence-electron chi connectivity index (χ2n) is 6.71. The molecule has 2 aromatic carbocycles. The van der Waals surface area contributed by atoms with E-state index in [1.54, 1.807) is 30.3 Å². The van der Waals surface area contributed by atoms with Crippen molar-refractivity contribution in [3.63, 3.8) is 0 Å². The van der Waals surface area contributed by atoms with Crippen molar-refractivity contribution in [3.8, 4) is 0 Å². The summed E-state index contributed by atoms with van der Waals surface area (Å²) in [7, 11) is 0. The molecule has 0 bridgehead atoms. The van der Waals surface area contributed by atoms with Crippen molar-refractivity contribution in [2.45, 2.75) is 19.9 Å². The van der Waals surface area contributed by atoms with E-state index in [1.165, 1.54) is 12.1 Å². The van der Waals surface area contributed by atoms with Crippen molar-refractivity contribution < 1.29 is 14.0 Å². The van der Waals surface area contributed by atoms with Gasteiger partial charge in [0.25, 0.3) is 11.8 Å². The molecule has 0 saturated heterocycles. The lowest BCUT2D eigenvalue weighted by Gasteiger charge is -2.08. The lowest BCUT2D eigenvalue weighted by molar-refractivity contribution is 0.0943. The van der Waals surface area contributed by atoms with Crippen LogP contribution in [-0.2, 0) is 13.0 Å². The minimum atomic E-state index is -0.361. The third-order valence-corrected chi connectivity index (χ3v) is 4.40. The highest BCUT2D eigenvalue weighted by atomic mass is 19.1. The van der Waals surface area contributed by atoms with E-state index in [9.17, 15) is 14.0 Å². The Labute approximate surface area is 169 Å². The summed E-state index contributed by atoms with van der Waals surface area (Å²) in [5.74, 6) is -0.994. The molecule has 1 heterocycles. The summed E-state index contributed by atoms with van der Waals surface area (Å²) in [6, 6.07) is 18.8. The van der Waals surface area contributed by atoms with Crippen molar-refractivity contribution in [1.29, 1.82) is 0 Å². The molecule has 3 aromatic rings. The van der Waals surface area contributed by atoms with Gasteiger partial charge in [0, 0.05) is 13.1 Å². The molecule has 29 heavy (non-hydrogen) atoms. The Balaban J connectivity index is 1.53. The number of pyridine rings is 1. The molecule has 0 aliphatic carbocycles. The van der Waals surface area contributed by atoms with E-state index in [1.807, 2.05) is 31.2 Å². The molecule has 0 saturated carbocycles. The van der Waals surface area contributed by atoms with Crippen molar-refractivity contribution >= 4 is 11.8 Å². The van der Waals surface area contributed by atoms with E-state index in [2.05, 4.69) is 15.6 Å². The molecule has 2 N–H and O–H groups in total. The first kappa shape index (κ1) is 20.2. The number of benzene rings is 2. The number of carbonyl (C=O) groups is 2. The fourth-order valence-corrected chi connectivity index (χ4v) is 2.73. The van der Waals surface area contributed by atoms with Crippen LogP contribution in [0.15, 0.2) is 66.7 Å². The highest BCUT2D eigenvalue weighted by molar-refractivity contribution is 5.96. The maximum Gasteiger partial charge on any atom is 0.270 e. The van der Waals surface area contributed by atoms with Gasteiger partial charge >= 0.3 is 0 Å². The predicted octanol–water partition coefficient (Wildman–Crippen LogP) is 3.43. The third kappa shape index (κ3) is 5.97. The number of hydrogen-bond acceptors (Lipinski definition) is 3. The molecule has 0 aliphatic rings. The van der Waals surface area contributed by atoms with E-state index < -0.39 is 0 Å². The van der Waals surface area contributed by atoms with E-state index in [0.29, 0.717) is 19.5 Å². The number of hydrogen-bond donors (Lipinski definition) is 2. The number of nitrogens with one attached hydrogen (secondary N) is 2. The average Bonchev–Trinajstić information content (AvgIpc) is 2.74. The molecule has 2 amide bonds. The minimum Gasteiger partial charge on any atom is -0.350 e. The highest BCUT2D eigenvalue weighted by Crippen LogP contribution is 2.05. The summed E-state index contributed by atoms with van der Waals surface area (Å²) in [6.45, 7) is 2.77. The van der Waals surface area contributed by atoms with Gasteiger partial charge in [0.15, 0.2) is 0 Å². The summed E-state index contributed by atoms with van der Waals surface area (Å²) >= 11 is 0. The SMILES string of the molecule is Cc1ccc(CNC(=O)c2cccc(C(=O)NCCc3ccc(F)cc3)n2)cc1. The predicted molar refractivity (Wildman–Crippen MR) is 109 cm³/mol. The lowest BCUT2D eigenvalue weighted by Crippen LogP contribution is -2.28. The Hall–Kier alpha value is -3.54. The van der Waals surface area contributed by atoms with Crippen LogP contribution in [0.5, 0.6) is 0 Å². The van der Waals surface area contributed by atoms with Crippen LogP contribution < -0.4 is 10.6 Å². The molecule has 0 atom stereocenters. The molecule has 0 aliphatic heterocycles. The molecule has 5 nitrogen and oxygen atoms in total. The highest BCUT2D eigenvalue weighted by Gasteiger charge is 2.12. The normalized spacial score (nSPS) is 10.4. The van der Waals surface area contributed by atoms with Crippen LogP contribution in [0, 0.1) is 12.7 Å². The van der Waals surface area contributed by atoms with E-state index in [4.69, 9.17) is 0 Å². The topological polar surface area (TPSA) is 71.1 Å². The fraction of sp³-hybridized carbons (Fsp3) is 0.174. The van der Waals surface area contributed by atoms with E-state index in [0.717, 1.165) is 16.7 Å². The van der Waals surface area contributed by atoms with E-state index >= 15 is 0 Å². The smallest absolute Gasteiger partial charge is 0.270 e. The second-order valence-corrected chi connectivity index (χ2v) is 6.71. The average molecular weight is 391 g/mol. The van der Waals surface area contributed by atoms with Gasteiger partial charge < -0.3 is 10.6 Å². The molecule has 1 aromatic heterocycles. The fourth-order valence-electron chi connectivity index (χ4n) is 2.73. The molecule has 0 unspecified atom stereocenters. The Morgan fingerprint density at radius 3 is 2.07 bits per heavy atom. The number of nitrogens with zero attached hydrogens (tertiary/aromatic N) is 1. The second kappa shape index (κ2) is 9.59. The van der Waals surface area contributed by atoms with Gasteiger partial charge in [-0.25, -0.2) is 9.37 Å². The number of halogens is 1. The van der Waals surface area contributed by atoms with Gasteiger partial charge in [-0.2, -0.15) is 0 Å². The van der Waals surface area contributed by atoms with Gasteiger partial charge in [0.1, 0.15) is 17.2 Å². The molecular formula is C23H22FN3O2. The first-order valence-corrected chi connectivity index (χ1v) is 9.35. The zero-order valence-corrected chi connectivity index (χ0v) is 16.1. The number of carbonyl (C=O) groups excluding carboxylic acids is 2. The summed E-state index contributed by atoms with van der Waals surface area (Å²) in [6.07, 6.45) is 0.572. The zero-order valence-electron chi connectivity index (χ0n) is 16.1. The Kier molecular flexibility index (Phi) is 6.68. The molecule has 3 rings (SSSR count). The maximum atomic E-state index is 12.9. The molecule has 0 radical (unpaired) electrons. The van der Waals surface area contributed by atoms with Gasteiger partial charge in [0.05, 0.1) is 0 Å². The lowest BCUT2D eigenvalue weighted by atomic mass is 10.1. The Morgan fingerprint density at radius 1 is 0.828 bits per heavy atom. The zero-order chi connectivity index (χ0) is 20.6. The Morgan fingerprint density at radius 2 is 1.41 bits per heavy atom. The number of aryl methyl sites for hydroxylation is 1. The van der Waals surface area contributed by atoms with Crippen LogP contribution in [0.4, 0.5) is 4.39 Å². The van der Waals surface area contributed by atoms with Crippen LogP contribution in [-0.4, -0.2) is 23.3 Å². The molecule has 0 spiro atoms. The third-order valence-electron chi connectivity index (χ3n) is 4.40. The van der Waals surface area contributed by atoms with Gasteiger partial charge in [-0.1, -0.05) is 48.0 Å². The molecular weight excluding hydrogens is 369 g/mol.